The van der Waals surface area contributed by atoms with Gasteiger partial charge in [0.05, 0.1) is 18.7 Å². The molecule has 1 aliphatic rings. The van der Waals surface area contributed by atoms with E-state index in [1.807, 2.05) is 0 Å². The maximum atomic E-state index is 11.6. The molecule has 8 heteroatoms. The molecule has 1 aliphatic heterocycles. The molecule has 1 N–H and O–H groups in total. The third kappa shape index (κ3) is 3.42. The highest BCUT2D eigenvalue weighted by molar-refractivity contribution is 7.88. The van der Waals surface area contributed by atoms with Gasteiger partial charge in [0.1, 0.15) is 0 Å². The Balaban J connectivity index is 2.98. The summed E-state index contributed by atoms with van der Waals surface area (Å²) in [7, 11) is -3.47. The molecule has 1 rings (SSSR count). The second-order valence-corrected chi connectivity index (χ2v) is 6.54. The van der Waals surface area contributed by atoms with Crippen LogP contribution in [-0.4, -0.2) is 66.0 Å². The maximum Gasteiger partial charge on any atom is 0.305 e. The second-order valence-electron chi connectivity index (χ2n) is 4.60. The van der Waals surface area contributed by atoms with Gasteiger partial charge in [-0.1, -0.05) is 0 Å². The van der Waals surface area contributed by atoms with E-state index < -0.39 is 22.0 Å². The lowest BCUT2D eigenvalue weighted by Gasteiger charge is -2.43. The van der Waals surface area contributed by atoms with Crippen LogP contribution in [0.15, 0.2) is 0 Å². The number of rotatable bonds is 3. The molecular weight excluding hydrogens is 260 g/mol. The minimum Gasteiger partial charge on any atom is -0.481 e. The van der Waals surface area contributed by atoms with Gasteiger partial charge < -0.3 is 10.0 Å². The van der Waals surface area contributed by atoms with Crippen molar-refractivity contribution in [3.63, 3.8) is 0 Å². The van der Waals surface area contributed by atoms with Crippen molar-refractivity contribution in [3.05, 3.63) is 0 Å². The van der Waals surface area contributed by atoms with Gasteiger partial charge in [-0.3, -0.25) is 9.59 Å². The summed E-state index contributed by atoms with van der Waals surface area (Å²) in [6.45, 7) is 3.40. The summed E-state index contributed by atoms with van der Waals surface area (Å²) in [4.78, 5) is 23.7. The van der Waals surface area contributed by atoms with Crippen molar-refractivity contribution in [2.75, 3.05) is 19.3 Å². The molecule has 18 heavy (non-hydrogen) atoms. The number of sulfonamides is 1. The topological polar surface area (TPSA) is 95.0 Å². The molecule has 1 heterocycles. The molecule has 1 saturated heterocycles. The number of carbonyl (C=O) groups is 2. The van der Waals surface area contributed by atoms with E-state index >= 15 is 0 Å². The predicted octanol–water partition coefficient (Wildman–Crippen LogP) is -0.658. The zero-order valence-corrected chi connectivity index (χ0v) is 11.5. The third-order valence-corrected chi connectivity index (χ3v) is 4.33. The molecule has 0 radical (unpaired) electrons. The predicted molar refractivity (Wildman–Crippen MR) is 64.4 cm³/mol. The van der Waals surface area contributed by atoms with Crippen LogP contribution in [0.3, 0.4) is 0 Å². The molecule has 104 valence electrons. The van der Waals surface area contributed by atoms with Gasteiger partial charge in [-0.05, 0) is 6.92 Å². The smallest absolute Gasteiger partial charge is 0.305 e. The van der Waals surface area contributed by atoms with E-state index in [9.17, 15) is 18.0 Å². The van der Waals surface area contributed by atoms with E-state index in [0.29, 0.717) is 0 Å². The van der Waals surface area contributed by atoms with Crippen LogP contribution in [0, 0.1) is 0 Å². The first-order valence-corrected chi connectivity index (χ1v) is 7.43. The van der Waals surface area contributed by atoms with E-state index in [2.05, 4.69) is 0 Å². The Labute approximate surface area is 106 Å². The van der Waals surface area contributed by atoms with E-state index in [4.69, 9.17) is 5.11 Å². The van der Waals surface area contributed by atoms with Crippen molar-refractivity contribution in [3.8, 4) is 0 Å². The highest BCUT2D eigenvalue weighted by atomic mass is 32.2. The zero-order chi connectivity index (χ0) is 14.1. The van der Waals surface area contributed by atoms with Crippen molar-refractivity contribution in [2.45, 2.75) is 32.4 Å². The molecule has 0 unspecified atom stereocenters. The molecule has 0 aliphatic carbocycles. The van der Waals surface area contributed by atoms with Crippen LogP contribution in [-0.2, 0) is 19.6 Å². The van der Waals surface area contributed by atoms with Crippen LogP contribution in [0.2, 0.25) is 0 Å². The van der Waals surface area contributed by atoms with Crippen molar-refractivity contribution >= 4 is 21.9 Å². The number of carboxylic acids is 1. The largest absolute Gasteiger partial charge is 0.481 e. The number of aliphatic carboxylic acids is 1. The van der Waals surface area contributed by atoms with Gasteiger partial charge >= 0.3 is 5.97 Å². The van der Waals surface area contributed by atoms with Gasteiger partial charge in [0.15, 0.2) is 0 Å². The van der Waals surface area contributed by atoms with E-state index in [-0.39, 0.29) is 31.5 Å². The van der Waals surface area contributed by atoms with Gasteiger partial charge in [0, 0.05) is 26.1 Å². The molecule has 7 nitrogen and oxygen atoms in total. The van der Waals surface area contributed by atoms with Gasteiger partial charge in [0.2, 0.25) is 15.9 Å². The Morgan fingerprint density at radius 1 is 1.33 bits per heavy atom. The van der Waals surface area contributed by atoms with Crippen LogP contribution >= 0.6 is 0 Å². The van der Waals surface area contributed by atoms with Gasteiger partial charge in [-0.25, -0.2) is 8.42 Å². The Morgan fingerprint density at radius 3 is 2.28 bits per heavy atom. The lowest BCUT2D eigenvalue weighted by molar-refractivity contribution is -0.141. The molecule has 0 bridgehead atoms. The fraction of sp³-hybridized carbons (Fsp3) is 0.800. The summed E-state index contributed by atoms with van der Waals surface area (Å²) in [5.74, 6) is -1.25. The Kier molecular flexibility index (Phi) is 4.33. The van der Waals surface area contributed by atoms with Crippen molar-refractivity contribution < 1.29 is 23.1 Å². The van der Waals surface area contributed by atoms with Crippen LogP contribution in [0.5, 0.6) is 0 Å². The van der Waals surface area contributed by atoms with Crippen molar-refractivity contribution in [1.29, 1.82) is 0 Å². The number of hydrogen-bond acceptors (Lipinski definition) is 4. The van der Waals surface area contributed by atoms with Crippen LogP contribution in [0.1, 0.15) is 20.3 Å². The SMILES string of the molecule is CC(=O)N1C[C@H](CC(=O)O)N(S(C)(=O)=O)C[C@@H]1C. The quantitative estimate of drug-likeness (QED) is 0.739. The molecular formula is C10H18N2O5S. The normalized spacial score (nSPS) is 26.1. The van der Waals surface area contributed by atoms with Crippen molar-refractivity contribution in [1.82, 2.24) is 9.21 Å². The van der Waals surface area contributed by atoms with Crippen LogP contribution in [0.4, 0.5) is 0 Å². The fourth-order valence-electron chi connectivity index (χ4n) is 2.22. The second kappa shape index (κ2) is 5.23. The van der Waals surface area contributed by atoms with E-state index in [1.54, 1.807) is 6.92 Å². The zero-order valence-electron chi connectivity index (χ0n) is 10.7. The van der Waals surface area contributed by atoms with E-state index in [0.717, 1.165) is 6.26 Å². The Hall–Kier alpha value is -1.15. The van der Waals surface area contributed by atoms with E-state index in [1.165, 1.54) is 16.1 Å². The van der Waals surface area contributed by atoms with Gasteiger partial charge in [-0.15, -0.1) is 0 Å². The average Bonchev–Trinajstić information content (AvgIpc) is 2.17. The molecule has 0 spiro atoms. The average molecular weight is 278 g/mol. The summed E-state index contributed by atoms with van der Waals surface area (Å²) >= 11 is 0. The summed E-state index contributed by atoms with van der Waals surface area (Å²) in [6, 6.07) is -0.945. The molecule has 1 amide bonds. The molecule has 0 aromatic rings. The summed E-state index contributed by atoms with van der Waals surface area (Å²) in [5, 5.41) is 8.82. The minimum absolute atomic E-state index is 0.121. The first-order valence-electron chi connectivity index (χ1n) is 5.58. The summed E-state index contributed by atoms with van der Waals surface area (Å²) < 4.78 is 24.4. The third-order valence-electron chi connectivity index (χ3n) is 3.03. The maximum absolute atomic E-state index is 11.6. The van der Waals surface area contributed by atoms with Crippen LogP contribution in [0.25, 0.3) is 0 Å². The summed E-state index contributed by atoms with van der Waals surface area (Å²) in [5.41, 5.74) is 0. The standard InChI is InChI=1S/C10H18N2O5S/c1-7-5-12(18(3,16)17)9(4-10(14)15)6-11(7)8(2)13/h7,9H,4-6H2,1-3H3,(H,14,15)/t7-,9-/m0/s1. The van der Waals surface area contributed by atoms with Gasteiger partial charge in [-0.2, -0.15) is 4.31 Å². The molecule has 0 aromatic heterocycles. The number of nitrogens with zero attached hydrogens (tertiary/aromatic N) is 2. The molecule has 0 saturated carbocycles. The number of piperazine rings is 1. The van der Waals surface area contributed by atoms with Crippen LogP contribution < -0.4 is 0 Å². The minimum atomic E-state index is -3.47. The molecule has 1 fully saturated rings. The highest BCUT2D eigenvalue weighted by Gasteiger charge is 2.38. The lowest BCUT2D eigenvalue weighted by atomic mass is 10.1. The Morgan fingerprint density at radius 2 is 1.89 bits per heavy atom. The Bertz CT molecular complexity index is 447. The fourth-order valence-corrected chi connectivity index (χ4v) is 3.39. The molecule has 2 atom stereocenters. The highest BCUT2D eigenvalue weighted by Crippen LogP contribution is 2.20. The van der Waals surface area contributed by atoms with Gasteiger partial charge in [0.25, 0.3) is 0 Å². The summed E-state index contributed by atoms with van der Waals surface area (Å²) in [6.07, 6.45) is 0.752. The number of amides is 1. The molecule has 0 aromatic carbocycles. The number of carbonyl (C=O) groups excluding carboxylic acids is 1. The van der Waals surface area contributed by atoms with Crippen molar-refractivity contribution in [2.24, 2.45) is 0 Å². The number of carboxylic acid groups (broad SMARTS) is 1. The number of hydrogen-bond donors (Lipinski definition) is 1. The monoisotopic (exact) mass is 278 g/mol. The first-order chi connectivity index (χ1) is 8.12. The lowest BCUT2D eigenvalue weighted by Crippen LogP contribution is -2.60. The first kappa shape index (κ1) is 14.9.